The molecule has 2 aromatic carbocycles. The molecule has 150 valence electrons. The fourth-order valence-electron chi connectivity index (χ4n) is 2.63. The first kappa shape index (κ1) is 20.3. The van der Waals surface area contributed by atoms with Crippen LogP contribution in [0.2, 0.25) is 0 Å². The second kappa shape index (κ2) is 9.20. The second-order valence-corrected chi connectivity index (χ2v) is 7.29. The molecule has 2 amide bonds. The van der Waals surface area contributed by atoms with E-state index >= 15 is 0 Å². The van der Waals surface area contributed by atoms with Crippen molar-refractivity contribution in [2.75, 3.05) is 12.4 Å². The predicted octanol–water partition coefficient (Wildman–Crippen LogP) is 2.72. The van der Waals surface area contributed by atoms with Crippen molar-refractivity contribution in [1.82, 2.24) is 5.32 Å². The molecule has 1 aliphatic heterocycles. The number of carbonyl (C=O) groups is 2. The zero-order chi connectivity index (χ0) is 20.8. The number of amides is 2. The maximum Gasteiger partial charge on any atom is 0.273 e. The van der Waals surface area contributed by atoms with Gasteiger partial charge in [-0.3, -0.25) is 24.7 Å². The number of ether oxygens (including phenoxy) is 1. The number of thioether (sulfide) groups is 1. The first-order chi connectivity index (χ1) is 14.0. The standard InChI is InChI=1S/C19H18N4O5S/c1-28-15-9-13(23(26)27)7-8-14(15)21-17(24)10-16-18(25)22-19(29-16)20-11-12-5-3-2-4-6-12/h2-9,16H,10-11H2,1H3,(H,21,24)(H,20,22,25)/t16-/m0/s1. The molecule has 0 unspecified atom stereocenters. The summed E-state index contributed by atoms with van der Waals surface area (Å²) in [6.45, 7) is 0.433. The number of amidine groups is 1. The van der Waals surface area contributed by atoms with Crippen molar-refractivity contribution in [2.45, 2.75) is 18.2 Å². The summed E-state index contributed by atoms with van der Waals surface area (Å²) in [4.78, 5) is 39.2. The molecule has 2 N–H and O–H groups in total. The van der Waals surface area contributed by atoms with Crippen LogP contribution in [0.25, 0.3) is 0 Å². The molecule has 0 saturated carbocycles. The zero-order valence-electron chi connectivity index (χ0n) is 15.5. The molecule has 3 rings (SSSR count). The minimum absolute atomic E-state index is 0.0685. The Morgan fingerprint density at radius 2 is 2.07 bits per heavy atom. The third kappa shape index (κ3) is 5.32. The number of nitrogens with one attached hydrogen (secondary N) is 2. The Kier molecular flexibility index (Phi) is 6.45. The smallest absolute Gasteiger partial charge is 0.273 e. The molecule has 0 radical (unpaired) electrons. The van der Waals surface area contributed by atoms with Gasteiger partial charge >= 0.3 is 0 Å². The number of nitro groups is 1. The maximum atomic E-state index is 12.4. The molecule has 9 nitrogen and oxygen atoms in total. The van der Waals surface area contributed by atoms with E-state index in [-0.39, 0.29) is 23.8 Å². The minimum Gasteiger partial charge on any atom is -0.494 e. The highest BCUT2D eigenvalue weighted by molar-refractivity contribution is 8.15. The molecule has 29 heavy (non-hydrogen) atoms. The van der Waals surface area contributed by atoms with Gasteiger partial charge in [0.2, 0.25) is 11.8 Å². The van der Waals surface area contributed by atoms with Crippen molar-refractivity contribution in [3.63, 3.8) is 0 Å². The van der Waals surface area contributed by atoms with Crippen molar-refractivity contribution in [3.8, 4) is 5.75 Å². The highest BCUT2D eigenvalue weighted by Crippen LogP contribution is 2.30. The summed E-state index contributed by atoms with van der Waals surface area (Å²) in [6.07, 6.45) is -0.0685. The topological polar surface area (TPSA) is 123 Å². The summed E-state index contributed by atoms with van der Waals surface area (Å²) in [7, 11) is 1.35. The van der Waals surface area contributed by atoms with E-state index in [1.54, 1.807) is 0 Å². The lowest BCUT2D eigenvalue weighted by atomic mass is 10.2. The lowest BCUT2D eigenvalue weighted by Gasteiger charge is -2.11. The molecule has 1 heterocycles. The zero-order valence-corrected chi connectivity index (χ0v) is 16.3. The van der Waals surface area contributed by atoms with E-state index in [1.165, 1.54) is 37.1 Å². The number of anilines is 1. The Labute approximate surface area is 170 Å². The van der Waals surface area contributed by atoms with Gasteiger partial charge in [0.05, 0.1) is 30.3 Å². The fourth-order valence-corrected chi connectivity index (χ4v) is 3.60. The van der Waals surface area contributed by atoms with E-state index in [1.807, 2.05) is 30.3 Å². The van der Waals surface area contributed by atoms with Crippen molar-refractivity contribution in [3.05, 3.63) is 64.2 Å². The van der Waals surface area contributed by atoms with Crippen molar-refractivity contribution in [1.29, 1.82) is 0 Å². The Morgan fingerprint density at radius 3 is 2.76 bits per heavy atom. The number of nitrogens with zero attached hydrogens (tertiary/aromatic N) is 2. The van der Waals surface area contributed by atoms with Crippen LogP contribution in [-0.4, -0.2) is 34.3 Å². The third-order valence-electron chi connectivity index (χ3n) is 4.07. The van der Waals surface area contributed by atoms with Crippen molar-refractivity contribution >= 4 is 40.1 Å². The number of aliphatic imine (C=N–C) groups is 1. The molecule has 1 aliphatic rings. The van der Waals surface area contributed by atoms with Gasteiger partial charge in [0.25, 0.3) is 5.69 Å². The van der Waals surface area contributed by atoms with E-state index in [9.17, 15) is 19.7 Å². The van der Waals surface area contributed by atoms with Crippen LogP contribution in [0.3, 0.4) is 0 Å². The van der Waals surface area contributed by atoms with Gasteiger partial charge in [-0.15, -0.1) is 0 Å². The molecular formula is C19H18N4O5S. The lowest BCUT2D eigenvalue weighted by Crippen LogP contribution is -2.28. The molecule has 10 heteroatoms. The van der Waals surface area contributed by atoms with Gasteiger partial charge in [-0.2, -0.15) is 0 Å². The number of rotatable bonds is 7. The van der Waals surface area contributed by atoms with Crippen LogP contribution in [0.4, 0.5) is 11.4 Å². The van der Waals surface area contributed by atoms with Crippen LogP contribution in [0.15, 0.2) is 53.5 Å². The third-order valence-corrected chi connectivity index (χ3v) is 5.19. The average molecular weight is 414 g/mol. The number of methoxy groups -OCH3 is 1. The number of hydrogen-bond donors (Lipinski definition) is 2. The monoisotopic (exact) mass is 414 g/mol. The van der Waals surface area contributed by atoms with E-state index in [0.717, 1.165) is 5.56 Å². The van der Waals surface area contributed by atoms with E-state index in [4.69, 9.17) is 4.74 Å². The highest BCUT2D eigenvalue weighted by atomic mass is 32.2. The summed E-state index contributed by atoms with van der Waals surface area (Å²) in [6, 6.07) is 13.5. The van der Waals surface area contributed by atoms with Crippen LogP contribution in [-0.2, 0) is 16.1 Å². The van der Waals surface area contributed by atoms with Crippen LogP contribution in [0.1, 0.15) is 12.0 Å². The fraction of sp³-hybridized carbons (Fsp3) is 0.211. The summed E-state index contributed by atoms with van der Waals surface area (Å²) < 4.78 is 5.10. The number of nitro benzene ring substituents is 1. The van der Waals surface area contributed by atoms with Crippen LogP contribution < -0.4 is 15.4 Å². The summed E-state index contributed by atoms with van der Waals surface area (Å²) in [5.41, 5.74) is 1.16. The first-order valence-electron chi connectivity index (χ1n) is 8.64. The molecule has 0 bridgehead atoms. The number of carbonyl (C=O) groups excluding carboxylic acids is 2. The molecule has 1 fully saturated rings. The Morgan fingerprint density at radius 1 is 1.31 bits per heavy atom. The number of non-ortho nitro benzene ring substituents is 1. The highest BCUT2D eigenvalue weighted by Gasteiger charge is 2.32. The van der Waals surface area contributed by atoms with E-state index < -0.39 is 16.1 Å². The molecule has 0 spiro atoms. The van der Waals surface area contributed by atoms with Gasteiger partial charge < -0.3 is 15.4 Å². The SMILES string of the molecule is COc1cc([N+](=O)[O-])ccc1NC(=O)C[C@@H]1SC(=NCc2ccccc2)NC1=O. The van der Waals surface area contributed by atoms with E-state index in [0.29, 0.717) is 17.4 Å². The predicted molar refractivity (Wildman–Crippen MR) is 110 cm³/mol. The summed E-state index contributed by atoms with van der Waals surface area (Å²) in [5, 5.41) is 16.0. The van der Waals surface area contributed by atoms with Crippen LogP contribution >= 0.6 is 11.8 Å². The Hall–Kier alpha value is -3.40. The lowest BCUT2D eigenvalue weighted by molar-refractivity contribution is -0.384. The maximum absolute atomic E-state index is 12.4. The summed E-state index contributed by atoms with van der Waals surface area (Å²) >= 11 is 1.20. The average Bonchev–Trinajstić information content (AvgIpc) is 3.06. The normalized spacial score (nSPS) is 17.1. The molecule has 1 saturated heterocycles. The van der Waals surface area contributed by atoms with Gasteiger partial charge in [0.15, 0.2) is 5.17 Å². The van der Waals surface area contributed by atoms with Crippen LogP contribution in [0.5, 0.6) is 5.75 Å². The number of benzene rings is 2. The second-order valence-electron chi connectivity index (χ2n) is 6.10. The quantitative estimate of drug-likeness (QED) is 0.530. The number of hydrogen-bond acceptors (Lipinski definition) is 7. The molecule has 0 aliphatic carbocycles. The van der Waals surface area contributed by atoms with Crippen molar-refractivity contribution < 1.29 is 19.2 Å². The summed E-state index contributed by atoms with van der Waals surface area (Å²) in [5.74, 6) is -0.525. The van der Waals surface area contributed by atoms with Crippen LogP contribution in [0, 0.1) is 10.1 Å². The largest absolute Gasteiger partial charge is 0.494 e. The molecule has 1 atom stereocenters. The van der Waals surface area contributed by atoms with Gasteiger partial charge in [-0.05, 0) is 11.6 Å². The molecule has 0 aromatic heterocycles. The molecular weight excluding hydrogens is 396 g/mol. The Balaban J connectivity index is 1.59. The van der Waals surface area contributed by atoms with Gasteiger partial charge in [0, 0.05) is 12.5 Å². The van der Waals surface area contributed by atoms with Gasteiger partial charge in [-0.25, -0.2) is 0 Å². The Bertz CT molecular complexity index is 964. The van der Waals surface area contributed by atoms with Gasteiger partial charge in [-0.1, -0.05) is 42.1 Å². The first-order valence-corrected chi connectivity index (χ1v) is 9.52. The molecule has 2 aromatic rings. The minimum atomic E-state index is -0.603. The van der Waals surface area contributed by atoms with E-state index in [2.05, 4.69) is 15.6 Å². The van der Waals surface area contributed by atoms with Gasteiger partial charge in [0.1, 0.15) is 11.0 Å². The van der Waals surface area contributed by atoms with Crippen molar-refractivity contribution in [2.24, 2.45) is 4.99 Å².